The number of alkyl halides is 3. The quantitative estimate of drug-likeness (QED) is 0.865. The molecular weight excluding hydrogens is 279 g/mol. The van der Waals surface area contributed by atoms with Crippen molar-refractivity contribution in [1.29, 1.82) is 0 Å². The minimum absolute atomic E-state index is 0.161. The number of furan rings is 1. The minimum atomic E-state index is -4.31. The maximum absolute atomic E-state index is 12.6. The van der Waals surface area contributed by atoms with Crippen LogP contribution in [0.1, 0.15) is 41.8 Å². The summed E-state index contributed by atoms with van der Waals surface area (Å²) in [5.74, 6) is 0.767. The van der Waals surface area contributed by atoms with E-state index in [1.54, 1.807) is 6.26 Å². The number of aryl methyl sites for hydroxylation is 1. The molecule has 0 aliphatic heterocycles. The standard InChI is InChI=1S/C16H18F3NO/c1-3-9-20-15(14-8-10-21-11(14)2)12-4-6-13(7-5-12)16(17,18)19/h4-8,10,15,20H,3,9H2,1-2H3. The first kappa shape index (κ1) is 15.6. The molecule has 0 spiro atoms. The summed E-state index contributed by atoms with van der Waals surface area (Å²) in [6.07, 6.45) is -1.78. The monoisotopic (exact) mass is 297 g/mol. The SMILES string of the molecule is CCCNC(c1ccc(C(F)(F)F)cc1)c1ccoc1C. The van der Waals surface area contributed by atoms with Crippen molar-refractivity contribution in [3.63, 3.8) is 0 Å². The summed E-state index contributed by atoms with van der Waals surface area (Å²) in [7, 11) is 0. The van der Waals surface area contributed by atoms with Crippen molar-refractivity contribution in [3.8, 4) is 0 Å². The van der Waals surface area contributed by atoms with Gasteiger partial charge in [-0.2, -0.15) is 13.2 Å². The van der Waals surface area contributed by atoms with Gasteiger partial charge in [0.1, 0.15) is 5.76 Å². The van der Waals surface area contributed by atoms with Gasteiger partial charge in [-0.15, -0.1) is 0 Å². The third kappa shape index (κ3) is 3.67. The Hall–Kier alpha value is -1.75. The number of rotatable bonds is 5. The van der Waals surface area contributed by atoms with Gasteiger partial charge < -0.3 is 9.73 Å². The van der Waals surface area contributed by atoms with Crippen molar-refractivity contribution >= 4 is 0 Å². The van der Waals surface area contributed by atoms with Crippen molar-refractivity contribution in [2.75, 3.05) is 6.54 Å². The second-order valence-electron chi connectivity index (χ2n) is 4.94. The third-order valence-electron chi connectivity index (χ3n) is 3.38. The number of halogens is 3. The van der Waals surface area contributed by atoms with Crippen LogP contribution in [0.3, 0.4) is 0 Å². The van der Waals surface area contributed by atoms with Crippen molar-refractivity contribution in [2.24, 2.45) is 0 Å². The van der Waals surface area contributed by atoms with Crippen LogP contribution >= 0.6 is 0 Å². The molecule has 2 rings (SSSR count). The highest BCUT2D eigenvalue weighted by Crippen LogP contribution is 2.31. The van der Waals surface area contributed by atoms with E-state index >= 15 is 0 Å². The van der Waals surface area contributed by atoms with Crippen LogP contribution in [0.15, 0.2) is 41.0 Å². The molecule has 21 heavy (non-hydrogen) atoms. The van der Waals surface area contributed by atoms with Crippen LogP contribution in [-0.2, 0) is 6.18 Å². The molecule has 0 aliphatic rings. The van der Waals surface area contributed by atoms with Gasteiger partial charge in [0.2, 0.25) is 0 Å². The van der Waals surface area contributed by atoms with Gasteiger partial charge >= 0.3 is 6.18 Å². The summed E-state index contributed by atoms with van der Waals surface area (Å²) in [6.45, 7) is 4.66. The van der Waals surface area contributed by atoms with Crippen LogP contribution in [-0.4, -0.2) is 6.54 Å². The molecule has 0 saturated carbocycles. The van der Waals surface area contributed by atoms with Crippen molar-refractivity contribution < 1.29 is 17.6 Å². The average molecular weight is 297 g/mol. The summed E-state index contributed by atoms with van der Waals surface area (Å²) >= 11 is 0. The topological polar surface area (TPSA) is 25.2 Å². The molecule has 0 aliphatic carbocycles. The Balaban J connectivity index is 2.31. The van der Waals surface area contributed by atoms with E-state index in [-0.39, 0.29) is 6.04 Å². The number of benzene rings is 1. The zero-order chi connectivity index (χ0) is 15.5. The molecule has 0 fully saturated rings. The first-order chi connectivity index (χ1) is 9.93. The molecule has 1 aromatic heterocycles. The lowest BCUT2D eigenvalue weighted by Gasteiger charge is -2.19. The van der Waals surface area contributed by atoms with E-state index in [0.717, 1.165) is 42.0 Å². The van der Waals surface area contributed by atoms with Crippen LogP contribution in [0, 0.1) is 6.92 Å². The molecule has 0 bridgehead atoms. The molecule has 2 nitrogen and oxygen atoms in total. The fourth-order valence-corrected chi connectivity index (χ4v) is 2.25. The summed E-state index contributed by atoms with van der Waals surface area (Å²) in [5.41, 5.74) is 1.11. The van der Waals surface area contributed by atoms with Crippen molar-refractivity contribution in [2.45, 2.75) is 32.5 Å². The Labute approximate surface area is 122 Å². The Bertz CT molecular complexity index is 572. The van der Waals surface area contributed by atoms with E-state index in [1.807, 2.05) is 19.9 Å². The van der Waals surface area contributed by atoms with Gasteiger partial charge in [-0.3, -0.25) is 0 Å². The highest BCUT2D eigenvalue weighted by molar-refractivity contribution is 5.35. The Morgan fingerprint density at radius 3 is 2.29 bits per heavy atom. The highest BCUT2D eigenvalue weighted by atomic mass is 19.4. The molecule has 1 atom stereocenters. The van der Waals surface area contributed by atoms with Gasteiger partial charge in [0.05, 0.1) is 17.9 Å². The van der Waals surface area contributed by atoms with E-state index in [4.69, 9.17) is 4.42 Å². The summed E-state index contributed by atoms with van der Waals surface area (Å²) in [5, 5.41) is 3.35. The molecule has 1 unspecified atom stereocenters. The van der Waals surface area contributed by atoms with Crippen LogP contribution in [0.4, 0.5) is 13.2 Å². The zero-order valence-corrected chi connectivity index (χ0v) is 12.0. The Kier molecular flexibility index (Phi) is 4.73. The average Bonchev–Trinajstić information content (AvgIpc) is 2.85. The Morgan fingerprint density at radius 1 is 1.14 bits per heavy atom. The fraction of sp³-hybridized carbons (Fsp3) is 0.375. The van der Waals surface area contributed by atoms with Crippen LogP contribution in [0.25, 0.3) is 0 Å². The number of hydrogen-bond acceptors (Lipinski definition) is 2. The largest absolute Gasteiger partial charge is 0.469 e. The predicted octanol–water partition coefficient (Wildman–Crippen LogP) is 4.70. The molecule has 2 aromatic rings. The lowest BCUT2D eigenvalue weighted by molar-refractivity contribution is -0.137. The summed E-state index contributed by atoms with van der Waals surface area (Å²) in [4.78, 5) is 0. The van der Waals surface area contributed by atoms with Crippen LogP contribution < -0.4 is 5.32 Å². The molecule has 0 amide bonds. The van der Waals surface area contributed by atoms with Gasteiger partial charge in [0.15, 0.2) is 0 Å². The smallest absolute Gasteiger partial charge is 0.416 e. The minimum Gasteiger partial charge on any atom is -0.469 e. The lowest BCUT2D eigenvalue weighted by Crippen LogP contribution is -2.23. The lowest BCUT2D eigenvalue weighted by atomic mass is 9.98. The predicted molar refractivity (Wildman–Crippen MR) is 75.0 cm³/mol. The maximum atomic E-state index is 12.6. The highest BCUT2D eigenvalue weighted by Gasteiger charge is 2.30. The van der Waals surface area contributed by atoms with Gasteiger partial charge in [-0.1, -0.05) is 19.1 Å². The van der Waals surface area contributed by atoms with E-state index in [1.165, 1.54) is 12.1 Å². The number of hydrogen-bond donors (Lipinski definition) is 1. The zero-order valence-electron chi connectivity index (χ0n) is 12.0. The van der Waals surface area contributed by atoms with Gasteiger partial charge in [-0.05, 0) is 43.7 Å². The van der Waals surface area contributed by atoms with Crippen molar-refractivity contribution in [3.05, 3.63) is 59.0 Å². The van der Waals surface area contributed by atoms with E-state index < -0.39 is 11.7 Å². The molecule has 0 saturated heterocycles. The van der Waals surface area contributed by atoms with E-state index in [2.05, 4.69) is 5.32 Å². The molecule has 1 heterocycles. The molecule has 0 radical (unpaired) electrons. The van der Waals surface area contributed by atoms with Crippen LogP contribution in [0.5, 0.6) is 0 Å². The van der Waals surface area contributed by atoms with E-state index in [9.17, 15) is 13.2 Å². The Morgan fingerprint density at radius 2 is 1.81 bits per heavy atom. The maximum Gasteiger partial charge on any atom is 0.416 e. The molecule has 1 N–H and O–H groups in total. The molecule has 1 aromatic carbocycles. The molecular formula is C16H18F3NO. The number of nitrogens with one attached hydrogen (secondary N) is 1. The van der Waals surface area contributed by atoms with Crippen molar-refractivity contribution in [1.82, 2.24) is 5.32 Å². The normalized spacial score (nSPS) is 13.4. The second kappa shape index (κ2) is 6.35. The van der Waals surface area contributed by atoms with Gasteiger partial charge in [0.25, 0.3) is 0 Å². The second-order valence-corrected chi connectivity index (χ2v) is 4.94. The van der Waals surface area contributed by atoms with Gasteiger partial charge in [-0.25, -0.2) is 0 Å². The fourth-order valence-electron chi connectivity index (χ4n) is 2.25. The van der Waals surface area contributed by atoms with Gasteiger partial charge in [0, 0.05) is 5.56 Å². The van der Waals surface area contributed by atoms with E-state index in [0.29, 0.717) is 0 Å². The summed E-state index contributed by atoms with van der Waals surface area (Å²) < 4.78 is 43.2. The van der Waals surface area contributed by atoms with Crippen LogP contribution in [0.2, 0.25) is 0 Å². The molecule has 5 heteroatoms. The first-order valence-electron chi connectivity index (χ1n) is 6.88. The first-order valence-corrected chi connectivity index (χ1v) is 6.88. The molecule has 114 valence electrons. The summed E-state index contributed by atoms with van der Waals surface area (Å²) in [6, 6.07) is 6.95. The third-order valence-corrected chi connectivity index (χ3v) is 3.38.